The molecule has 114 valence electrons. The van der Waals surface area contributed by atoms with Crippen LogP contribution in [0.25, 0.3) is 11.3 Å². The van der Waals surface area contributed by atoms with Gasteiger partial charge in [-0.2, -0.15) is 0 Å². The zero-order valence-corrected chi connectivity index (χ0v) is 12.4. The van der Waals surface area contributed by atoms with Crippen LogP contribution in [0.2, 0.25) is 0 Å². The maximum Gasteiger partial charge on any atom is 0.412 e. The molecule has 2 aromatic rings. The van der Waals surface area contributed by atoms with Gasteiger partial charge in [-0.1, -0.05) is 41.6 Å². The van der Waals surface area contributed by atoms with Crippen molar-refractivity contribution in [1.29, 1.82) is 0 Å². The quantitative estimate of drug-likeness (QED) is 0.858. The lowest BCUT2D eigenvalue weighted by molar-refractivity contribution is 0.126. The van der Waals surface area contributed by atoms with E-state index >= 15 is 0 Å². The first kappa shape index (κ1) is 14.4. The van der Waals surface area contributed by atoms with Crippen molar-refractivity contribution in [2.75, 3.05) is 5.32 Å². The van der Waals surface area contributed by atoms with Crippen LogP contribution in [0.1, 0.15) is 25.0 Å². The molecule has 0 spiro atoms. The van der Waals surface area contributed by atoms with Gasteiger partial charge in [-0.25, -0.2) is 4.79 Å². The van der Waals surface area contributed by atoms with Crippen molar-refractivity contribution in [3.05, 3.63) is 48.2 Å². The van der Waals surface area contributed by atoms with E-state index in [0.717, 1.165) is 24.8 Å². The van der Waals surface area contributed by atoms with Crippen molar-refractivity contribution >= 4 is 11.8 Å². The summed E-state index contributed by atoms with van der Waals surface area (Å²) in [4.78, 5) is 12.1. The number of hydrogen-bond donors (Lipinski definition) is 1. The molecular formula is C17H18N2O3. The molecule has 1 aliphatic carbocycles. The van der Waals surface area contributed by atoms with E-state index in [0.29, 0.717) is 17.1 Å². The Kier molecular flexibility index (Phi) is 4.23. The summed E-state index contributed by atoms with van der Waals surface area (Å²) in [6.07, 6.45) is 6.27. The Morgan fingerprint density at radius 1 is 1.36 bits per heavy atom. The van der Waals surface area contributed by atoms with Crippen molar-refractivity contribution < 1.29 is 14.1 Å². The Bertz CT molecular complexity index is 676. The molecule has 1 heterocycles. The molecule has 5 heteroatoms. The Labute approximate surface area is 129 Å². The number of anilines is 1. The van der Waals surface area contributed by atoms with Crippen LogP contribution in [0.4, 0.5) is 10.5 Å². The number of aromatic nitrogens is 1. The number of nitrogens with zero attached hydrogens (tertiary/aromatic N) is 1. The highest BCUT2D eigenvalue weighted by Crippen LogP contribution is 2.30. The van der Waals surface area contributed by atoms with Crippen molar-refractivity contribution in [2.24, 2.45) is 0 Å². The molecule has 0 fully saturated rings. The standard InChI is InChI=1S/C17H18N2O3/c1-12-15(16(19-22-12)13-8-4-2-5-9-13)18-17(20)21-14-10-6-3-7-11-14/h2,4-6,8-10,14H,3,7,11H2,1H3,(H,18,20). The van der Waals surface area contributed by atoms with Crippen molar-refractivity contribution in [3.63, 3.8) is 0 Å². The van der Waals surface area contributed by atoms with E-state index in [1.165, 1.54) is 0 Å². The lowest BCUT2D eigenvalue weighted by atomic mass is 10.1. The van der Waals surface area contributed by atoms with E-state index in [1.54, 1.807) is 6.92 Å². The molecule has 1 aliphatic rings. The fraction of sp³-hybridized carbons (Fsp3) is 0.294. The molecule has 1 N–H and O–H groups in total. The van der Waals surface area contributed by atoms with Gasteiger partial charge in [0.1, 0.15) is 17.5 Å². The first-order valence-electron chi connectivity index (χ1n) is 7.40. The second-order valence-corrected chi connectivity index (χ2v) is 5.26. The number of aryl methyl sites for hydroxylation is 1. The summed E-state index contributed by atoms with van der Waals surface area (Å²) in [5.74, 6) is 0.551. The minimum Gasteiger partial charge on any atom is -0.442 e. The third-order valence-electron chi connectivity index (χ3n) is 3.61. The molecule has 1 unspecified atom stereocenters. The highest BCUT2D eigenvalue weighted by Gasteiger charge is 2.19. The summed E-state index contributed by atoms with van der Waals surface area (Å²) in [5, 5.41) is 6.78. The molecule has 3 rings (SSSR count). The number of carbonyl (C=O) groups is 1. The summed E-state index contributed by atoms with van der Waals surface area (Å²) >= 11 is 0. The van der Waals surface area contributed by atoms with Gasteiger partial charge in [0.15, 0.2) is 5.76 Å². The first-order valence-corrected chi connectivity index (χ1v) is 7.40. The van der Waals surface area contributed by atoms with Gasteiger partial charge in [0.25, 0.3) is 0 Å². The van der Waals surface area contributed by atoms with Gasteiger partial charge < -0.3 is 9.26 Å². The number of hydrogen-bond acceptors (Lipinski definition) is 4. The fourth-order valence-electron chi connectivity index (χ4n) is 2.46. The van der Waals surface area contributed by atoms with Gasteiger partial charge in [-0.3, -0.25) is 5.32 Å². The average Bonchev–Trinajstić information content (AvgIpc) is 2.90. The summed E-state index contributed by atoms with van der Waals surface area (Å²) in [7, 11) is 0. The first-order chi connectivity index (χ1) is 10.7. The van der Waals surface area contributed by atoms with Crippen LogP contribution in [0.3, 0.4) is 0 Å². The number of ether oxygens (including phenoxy) is 1. The average molecular weight is 298 g/mol. The summed E-state index contributed by atoms with van der Waals surface area (Å²) in [5.41, 5.74) is 2.04. The third kappa shape index (κ3) is 3.19. The van der Waals surface area contributed by atoms with Crippen LogP contribution >= 0.6 is 0 Å². The van der Waals surface area contributed by atoms with Gasteiger partial charge in [-0.15, -0.1) is 0 Å². The molecule has 0 aliphatic heterocycles. The van der Waals surface area contributed by atoms with Gasteiger partial charge in [0.05, 0.1) is 0 Å². The maximum atomic E-state index is 12.1. The molecule has 5 nitrogen and oxygen atoms in total. The van der Waals surface area contributed by atoms with Crippen molar-refractivity contribution in [1.82, 2.24) is 5.16 Å². The monoisotopic (exact) mass is 298 g/mol. The topological polar surface area (TPSA) is 64.4 Å². The predicted molar refractivity (Wildman–Crippen MR) is 83.6 cm³/mol. The van der Waals surface area contributed by atoms with Gasteiger partial charge >= 0.3 is 6.09 Å². The number of amides is 1. The second-order valence-electron chi connectivity index (χ2n) is 5.26. The highest BCUT2D eigenvalue weighted by molar-refractivity contribution is 5.91. The van der Waals surface area contributed by atoms with E-state index in [9.17, 15) is 4.79 Å². The molecule has 1 aromatic heterocycles. The summed E-state index contributed by atoms with van der Waals surface area (Å²) in [6, 6.07) is 9.57. The largest absolute Gasteiger partial charge is 0.442 e. The fourth-order valence-corrected chi connectivity index (χ4v) is 2.46. The molecule has 0 saturated carbocycles. The van der Waals surface area contributed by atoms with Crippen LogP contribution in [-0.2, 0) is 4.74 Å². The SMILES string of the molecule is Cc1onc(-c2ccccc2)c1NC(=O)OC1C=CCCC1. The van der Waals surface area contributed by atoms with E-state index in [-0.39, 0.29) is 6.10 Å². The zero-order chi connectivity index (χ0) is 15.4. The van der Waals surface area contributed by atoms with E-state index < -0.39 is 6.09 Å². The number of benzene rings is 1. The molecule has 1 aromatic carbocycles. The van der Waals surface area contributed by atoms with Gasteiger partial charge in [0, 0.05) is 5.56 Å². The minimum absolute atomic E-state index is 0.158. The summed E-state index contributed by atoms with van der Waals surface area (Å²) < 4.78 is 10.6. The lowest BCUT2D eigenvalue weighted by Crippen LogP contribution is -2.22. The Balaban J connectivity index is 1.75. The molecule has 1 amide bonds. The smallest absolute Gasteiger partial charge is 0.412 e. The van der Waals surface area contributed by atoms with E-state index in [1.807, 2.05) is 42.5 Å². The van der Waals surface area contributed by atoms with Crippen LogP contribution in [-0.4, -0.2) is 17.4 Å². The van der Waals surface area contributed by atoms with Crippen LogP contribution in [0, 0.1) is 6.92 Å². The molecule has 1 atom stereocenters. The molecular weight excluding hydrogens is 280 g/mol. The Morgan fingerprint density at radius 2 is 2.18 bits per heavy atom. The van der Waals surface area contributed by atoms with Gasteiger partial charge in [0.2, 0.25) is 0 Å². The highest BCUT2D eigenvalue weighted by atomic mass is 16.6. The number of rotatable bonds is 3. The van der Waals surface area contributed by atoms with E-state index in [4.69, 9.17) is 9.26 Å². The molecule has 0 bridgehead atoms. The molecule has 22 heavy (non-hydrogen) atoms. The molecule has 0 saturated heterocycles. The van der Waals surface area contributed by atoms with Crippen molar-refractivity contribution in [2.45, 2.75) is 32.3 Å². The Hall–Kier alpha value is -2.56. The summed E-state index contributed by atoms with van der Waals surface area (Å²) in [6.45, 7) is 1.76. The normalized spacial score (nSPS) is 17.2. The lowest BCUT2D eigenvalue weighted by Gasteiger charge is -2.17. The third-order valence-corrected chi connectivity index (χ3v) is 3.61. The van der Waals surface area contributed by atoms with Crippen LogP contribution in [0.5, 0.6) is 0 Å². The predicted octanol–water partition coefficient (Wildman–Crippen LogP) is 4.31. The zero-order valence-electron chi connectivity index (χ0n) is 12.4. The van der Waals surface area contributed by atoms with Crippen molar-refractivity contribution in [3.8, 4) is 11.3 Å². The van der Waals surface area contributed by atoms with Crippen LogP contribution < -0.4 is 5.32 Å². The second kappa shape index (κ2) is 6.47. The minimum atomic E-state index is -0.486. The molecule has 0 radical (unpaired) electrons. The van der Waals surface area contributed by atoms with Crippen LogP contribution in [0.15, 0.2) is 47.0 Å². The number of carbonyl (C=O) groups excluding carboxylic acids is 1. The van der Waals surface area contributed by atoms with Gasteiger partial charge in [-0.05, 0) is 32.3 Å². The number of nitrogens with one attached hydrogen (secondary N) is 1. The maximum absolute atomic E-state index is 12.1. The Morgan fingerprint density at radius 3 is 2.91 bits per heavy atom. The van der Waals surface area contributed by atoms with E-state index in [2.05, 4.69) is 10.5 Å². The number of allylic oxidation sites excluding steroid dienone is 1.